The molecule has 0 radical (unpaired) electrons. The van der Waals surface area contributed by atoms with Crippen molar-refractivity contribution in [2.45, 2.75) is 25.3 Å². The molecule has 1 aliphatic carbocycles. The van der Waals surface area contributed by atoms with Crippen molar-refractivity contribution in [1.82, 2.24) is 10.3 Å². The van der Waals surface area contributed by atoms with Crippen LogP contribution in [0.25, 0.3) is 0 Å². The predicted molar refractivity (Wildman–Crippen MR) is 127 cm³/mol. The van der Waals surface area contributed by atoms with Crippen LogP contribution in [-0.4, -0.2) is 49.4 Å². The van der Waals surface area contributed by atoms with E-state index in [9.17, 15) is 9.18 Å². The molecule has 2 N–H and O–H groups in total. The number of benzene rings is 2. The molecule has 0 unspecified atom stereocenters. The second-order valence-electron chi connectivity index (χ2n) is 8.95. The number of ether oxygens (including phenoxy) is 1. The van der Waals surface area contributed by atoms with Crippen LogP contribution in [0.3, 0.4) is 0 Å². The normalized spacial score (nSPS) is 24.7. The van der Waals surface area contributed by atoms with Gasteiger partial charge in [0.2, 0.25) is 0 Å². The van der Waals surface area contributed by atoms with Gasteiger partial charge >= 0.3 is 0 Å². The van der Waals surface area contributed by atoms with Crippen molar-refractivity contribution >= 4 is 17.3 Å². The number of hydrogen-bond acceptors (Lipinski definition) is 5. The lowest BCUT2D eigenvalue weighted by atomic mass is 9.76. The van der Waals surface area contributed by atoms with Crippen molar-refractivity contribution in [3.63, 3.8) is 0 Å². The first-order chi connectivity index (χ1) is 16.1. The number of carbonyl (C=O) groups excluding carboxylic acids is 1. The van der Waals surface area contributed by atoms with Gasteiger partial charge in [-0.2, -0.15) is 5.10 Å². The van der Waals surface area contributed by atoms with E-state index in [1.807, 2.05) is 25.1 Å². The van der Waals surface area contributed by atoms with Gasteiger partial charge in [0.25, 0.3) is 5.91 Å². The topological polar surface area (TPSA) is 66.0 Å². The summed E-state index contributed by atoms with van der Waals surface area (Å²) in [5, 5.41) is 8.03. The number of hydrazone groups is 1. The van der Waals surface area contributed by atoms with Crippen molar-refractivity contribution in [3.05, 3.63) is 77.1 Å². The fourth-order valence-corrected chi connectivity index (χ4v) is 5.03. The first-order valence-electron chi connectivity index (χ1n) is 11.5. The summed E-state index contributed by atoms with van der Waals surface area (Å²) in [6.07, 6.45) is 5.50. The fourth-order valence-electron chi connectivity index (χ4n) is 5.03. The summed E-state index contributed by atoms with van der Waals surface area (Å²) in [5.41, 5.74) is 7.88. The SMILES string of the molecule is C/C(=N/NC(=O)CN1CCOCC1)c1ccc2c(c1)[C@@H]1C=CC[C@@H]1[C@H](c1ccc(F)cc1)N2. The zero-order valence-corrected chi connectivity index (χ0v) is 18.8. The number of amides is 1. The average molecular weight is 449 g/mol. The minimum absolute atomic E-state index is 0.114. The van der Waals surface area contributed by atoms with Crippen LogP contribution in [0, 0.1) is 11.7 Å². The Labute approximate surface area is 193 Å². The Balaban J connectivity index is 1.31. The zero-order chi connectivity index (χ0) is 22.8. The van der Waals surface area contributed by atoms with Crippen molar-refractivity contribution in [1.29, 1.82) is 0 Å². The molecule has 3 aliphatic rings. The van der Waals surface area contributed by atoms with E-state index >= 15 is 0 Å². The second kappa shape index (κ2) is 9.45. The predicted octanol–water partition coefficient (Wildman–Crippen LogP) is 3.82. The van der Waals surface area contributed by atoms with E-state index in [-0.39, 0.29) is 17.8 Å². The smallest absolute Gasteiger partial charge is 0.254 e. The van der Waals surface area contributed by atoms with Crippen LogP contribution in [0.15, 0.2) is 59.7 Å². The minimum Gasteiger partial charge on any atom is -0.379 e. The maximum Gasteiger partial charge on any atom is 0.254 e. The summed E-state index contributed by atoms with van der Waals surface area (Å²) in [7, 11) is 0. The molecule has 5 rings (SSSR count). The van der Waals surface area contributed by atoms with Crippen molar-refractivity contribution in [2.24, 2.45) is 11.0 Å². The van der Waals surface area contributed by atoms with E-state index < -0.39 is 0 Å². The highest BCUT2D eigenvalue weighted by Crippen LogP contribution is 2.49. The van der Waals surface area contributed by atoms with Crippen LogP contribution in [0.1, 0.15) is 42.0 Å². The van der Waals surface area contributed by atoms with Gasteiger partial charge in [-0.05, 0) is 60.2 Å². The third-order valence-electron chi connectivity index (χ3n) is 6.83. The molecule has 1 saturated heterocycles. The summed E-state index contributed by atoms with van der Waals surface area (Å²) in [6.45, 7) is 5.10. The summed E-state index contributed by atoms with van der Waals surface area (Å²) >= 11 is 0. The molecule has 0 spiro atoms. The first-order valence-corrected chi connectivity index (χ1v) is 11.5. The van der Waals surface area contributed by atoms with Crippen molar-refractivity contribution in [2.75, 3.05) is 38.2 Å². The Morgan fingerprint density at radius 2 is 2.00 bits per heavy atom. The van der Waals surface area contributed by atoms with Gasteiger partial charge in [0.1, 0.15) is 5.82 Å². The maximum absolute atomic E-state index is 13.4. The van der Waals surface area contributed by atoms with E-state index in [1.54, 1.807) is 0 Å². The van der Waals surface area contributed by atoms with E-state index in [2.05, 4.69) is 45.0 Å². The fraction of sp³-hybridized carbons (Fsp3) is 0.385. The Morgan fingerprint density at radius 1 is 1.21 bits per heavy atom. The van der Waals surface area contributed by atoms with Crippen LogP contribution in [0.5, 0.6) is 0 Å². The van der Waals surface area contributed by atoms with Gasteiger partial charge < -0.3 is 10.1 Å². The van der Waals surface area contributed by atoms with Crippen LogP contribution < -0.4 is 10.7 Å². The Kier molecular flexibility index (Phi) is 6.24. The van der Waals surface area contributed by atoms with Gasteiger partial charge in [0.15, 0.2) is 0 Å². The van der Waals surface area contributed by atoms with E-state index in [0.717, 1.165) is 42.0 Å². The largest absolute Gasteiger partial charge is 0.379 e. The van der Waals surface area contributed by atoms with E-state index in [1.165, 1.54) is 17.7 Å². The zero-order valence-electron chi connectivity index (χ0n) is 18.8. The lowest BCUT2D eigenvalue weighted by Crippen LogP contribution is -2.42. The standard InChI is InChI=1S/C26H29FN4O2/c1-17(29-30-25(32)16-31-11-13-33-14-12-31)19-7-10-24-23(15-19)21-3-2-4-22(21)26(28-24)18-5-8-20(27)9-6-18/h2-3,5-10,15,21-22,26,28H,4,11-14,16H2,1H3,(H,30,32)/b29-17-/t21-,22+,26+/m1/s1. The van der Waals surface area contributed by atoms with Crippen LogP contribution in [-0.2, 0) is 9.53 Å². The summed E-state index contributed by atoms with van der Waals surface area (Å²) < 4.78 is 18.8. The van der Waals surface area contributed by atoms with Crippen LogP contribution in [0.2, 0.25) is 0 Å². The van der Waals surface area contributed by atoms with Gasteiger partial charge in [0.05, 0.1) is 31.5 Å². The quantitative estimate of drug-likeness (QED) is 0.415. The Bertz CT molecular complexity index is 1080. The lowest BCUT2D eigenvalue weighted by molar-refractivity contribution is -0.123. The first kappa shape index (κ1) is 21.8. The average Bonchev–Trinajstić information content (AvgIpc) is 3.33. The number of allylic oxidation sites excluding steroid dienone is 2. The van der Waals surface area contributed by atoms with Gasteiger partial charge in [-0.25, -0.2) is 9.82 Å². The van der Waals surface area contributed by atoms with Gasteiger partial charge in [-0.1, -0.05) is 30.4 Å². The van der Waals surface area contributed by atoms with Crippen LogP contribution in [0.4, 0.5) is 10.1 Å². The molecule has 0 aromatic heterocycles. The highest BCUT2D eigenvalue weighted by Gasteiger charge is 2.38. The highest BCUT2D eigenvalue weighted by atomic mass is 19.1. The molecule has 0 saturated carbocycles. The molecule has 0 bridgehead atoms. The third kappa shape index (κ3) is 4.70. The second-order valence-corrected chi connectivity index (χ2v) is 8.95. The number of fused-ring (bicyclic) bond motifs is 3. The summed E-state index contributed by atoms with van der Waals surface area (Å²) in [5.74, 6) is 0.341. The Morgan fingerprint density at radius 3 is 2.79 bits per heavy atom. The van der Waals surface area contributed by atoms with Gasteiger partial charge in [-0.3, -0.25) is 9.69 Å². The minimum atomic E-state index is -0.215. The molecule has 172 valence electrons. The molecule has 1 amide bonds. The number of rotatable bonds is 5. The molecule has 2 aromatic carbocycles. The van der Waals surface area contributed by atoms with Gasteiger partial charge in [0, 0.05) is 24.7 Å². The number of halogens is 1. The number of carbonyl (C=O) groups is 1. The maximum atomic E-state index is 13.4. The molecular weight excluding hydrogens is 419 g/mol. The molecule has 3 atom stereocenters. The molecule has 1 fully saturated rings. The molecule has 6 nitrogen and oxygen atoms in total. The molecular formula is C26H29FN4O2. The third-order valence-corrected chi connectivity index (χ3v) is 6.83. The summed E-state index contributed by atoms with van der Waals surface area (Å²) in [6, 6.07) is 13.2. The monoisotopic (exact) mass is 448 g/mol. The molecule has 2 heterocycles. The van der Waals surface area contributed by atoms with Crippen molar-refractivity contribution < 1.29 is 13.9 Å². The number of nitrogens with zero attached hydrogens (tertiary/aromatic N) is 2. The van der Waals surface area contributed by atoms with E-state index in [0.29, 0.717) is 31.6 Å². The highest BCUT2D eigenvalue weighted by molar-refractivity contribution is 6.00. The number of nitrogens with one attached hydrogen (secondary N) is 2. The molecule has 2 aromatic rings. The van der Waals surface area contributed by atoms with Crippen LogP contribution >= 0.6 is 0 Å². The number of hydrogen-bond donors (Lipinski definition) is 2. The molecule has 2 aliphatic heterocycles. The molecule has 7 heteroatoms. The van der Waals surface area contributed by atoms with Gasteiger partial charge in [-0.15, -0.1) is 0 Å². The Hall–Kier alpha value is -3.03. The summed E-state index contributed by atoms with van der Waals surface area (Å²) in [4.78, 5) is 14.3. The van der Waals surface area contributed by atoms with Crippen molar-refractivity contribution in [3.8, 4) is 0 Å². The molecule has 33 heavy (non-hydrogen) atoms. The van der Waals surface area contributed by atoms with E-state index in [4.69, 9.17) is 4.74 Å². The lowest BCUT2D eigenvalue weighted by Gasteiger charge is -2.37. The number of morpholine rings is 1. The number of anilines is 1.